The summed E-state index contributed by atoms with van der Waals surface area (Å²) in [6.45, 7) is 0. The van der Waals surface area contributed by atoms with Crippen molar-refractivity contribution in [3.8, 4) is 0 Å². The number of ether oxygens (including phenoxy) is 1. The summed E-state index contributed by atoms with van der Waals surface area (Å²) in [5.41, 5.74) is 0. The molecule has 8 heteroatoms. The highest BCUT2D eigenvalue weighted by Gasteiger charge is 2.20. The van der Waals surface area contributed by atoms with Crippen molar-refractivity contribution < 1.29 is 28.6 Å². The van der Waals surface area contributed by atoms with Gasteiger partial charge in [0.1, 0.15) is 11.8 Å². The number of carbonyl (C=O) groups is 3. The van der Waals surface area contributed by atoms with E-state index in [0.29, 0.717) is 10.4 Å². The fourth-order valence-corrected chi connectivity index (χ4v) is 1.74. The van der Waals surface area contributed by atoms with Crippen LogP contribution in [0.5, 0.6) is 0 Å². The zero-order valence-corrected chi connectivity index (χ0v) is 12.8. The quantitative estimate of drug-likeness (QED) is 0.565. The van der Waals surface area contributed by atoms with Crippen molar-refractivity contribution in [3.05, 3.63) is 28.6 Å². The average Bonchev–Trinajstić information content (AvgIpc) is 2.86. The van der Waals surface area contributed by atoms with Gasteiger partial charge in [0.25, 0.3) is 0 Å². The first-order valence-corrected chi connectivity index (χ1v) is 6.75. The molecule has 1 aromatic heterocycles. The number of rotatable bonds is 7. The van der Waals surface area contributed by atoms with Gasteiger partial charge in [0.2, 0.25) is 5.91 Å². The van der Waals surface area contributed by atoms with Crippen LogP contribution in [0, 0.1) is 0 Å². The number of nitrogens with one attached hydrogen (secondary N) is 1. The minimum atomic E-state index is -1.22. The highest BCUT2D eigenvalue weighted by molar-refractivity contribution is 9.10. The lowest BCUT2D eigenvalue weighted by atomic mass is 10.1. The second-order valence-corrected chi connectivity index (χ2v) is 4.77. The average molecular weight is 360 g/mol. The standard InChI is InChI=1S/C13H14BrNO6/c1-20-12(17)7-4-9(13(18)19)15-11(16)6-3-8-2-5-10(14)21-8/h2-3,5-6,9H,4,7H2,1H3,(H,15,16)(H,18,19)/b6-3+. The smallest absolute Gasteiger partial charge is 0.326 e. The molecule has 2 N–H and O–H groups in total. The molecule has 0 bridgehead atoms. The number of carboxylic acids is 1. The van der Waals surface area contributed by atoms with Gasteiger partial charge in [0, 0.05) is 12.5 Å². The molecule has 7 nitrogen and oxygen atoms in total. The van der Waals surface area contributed by atoms with E-state index < -0.39 is 23.9 Å². The minimum Gasteiger partial charge on any atom is -0.480 e. The largest absolute Gasteiger partial charge is 0.480 e. The Morgan fingerprint density at radius 3 is 2.71 bits per heavy atom. The highest BCUT2D eigenvalue weighted by atomic mass is 79.9. The zero-order chi connectivity index (χ0) is 15.8. The number of aliphatic carboxylic acids is 1. The molecule has 0 aromatic carbocycles. The topological polar surface area (TPSA) is 106 Å². The number of hydrogen-bond acceptors (Lipinski definition) is 5. The molecule has 0 saturated heterocycles. The van der Waals surface area contributed by atoms with Gasteiger partial charge in [-0.25, -0.2) is 4.79 Å². The maximum absolute atomic E-state index is 11.6. The van der Waals surface area contributed by atoms with Gasteiger partial charge in [-0.2, -0.15) is 0 Å². The Hall–Kier alpha value is -2.09. The molecule has 0 fully saturated rings. The van der Waals surface area contributed by atoms with E-state index in [2.05, 4.69) is 26.0 Å². The van der Waals surface area contributed by atoms with Crippen LogP contribution in [0.4, 0.5) is 0 Å². The second-order valence-electron chi connectivity index (χ2n) is 3.99. The molecule has 0 aliphatic carbocycles. The molecule has 0 aliphatic rings. The molecule has 1 atom stereocenters. The molecule has 0 saturated carbocycles. The van der Waals surface area contributed by atoms with Gasteiger partial charge in [0.05, 0.1) is 7.11 Å². The molecule has 1 unspecified atom stereocenters. The number of hydrogen-bond donors (Lipinski definition) is 2. The van der Waals surface area contributed by atoms with E-state index in [1.165, 1.54) is 13.2 Å². The molecule has 1 heterocycles. The Morgan fingerprint density at radius 2 is 2.19 bits per heavy atom. The number of esters is 1. The summed E-state index contributed by atoms with van der Waals surface area (Å²) < 4.78 is 10.1. The van der Waals surface area contributed by atoms with Crippen molar-refractivity contribution in [1.82, 2.24) is 5.32 Å². The van der Waals surface area contributed by atoms with Crippen LogP contribution in [-0.2, 0) is 19.1 Å². The summed E-state index contributed by atoms with van der Waals surface area (Å²) in [7, 11) is 1.21. The number of carboxylic acid groups (broad SMARTS) is 1. The van der Waals surface area contributed by atoms with Crippen LogP contribution < -0.4 is 5.32 Å². The Labute approximate surface area is 129 Å². The fraction of sp³-hybridized carbons (Fsp3) is 0.308. The second kappa shape index (κ2) is 8.25. The molecule has 1 amide bonds. The van der Waals surface area contributed by atoms with Crippen LogP contribution in [0.1, 0.15) is 18.6 Å². The van der Waals surface area contributed by atoms with Crippen LogP contribution >= 0.6 is 15.9 Å². The van der Waals surface area contributed by atoms with Gasteiger partial charge >= 0.3 is 11.9 Å². The first-order valence-electron chi connectivity index (χ1n) is 5.96. The monoisotopic (exact) mass is 359 g/mol. The highest BCUT2D eigenvalue weighted by Crippen LogP contribution is 2.14. The van der Waals surface area contributed by atoms with E-state index in [-0.39, 0.29) is 12.8 Å². The molecule has 114 valence electrons. The van der Waals surface area contributed by atoms with E-state index >= 15 is 0 Å². The molecule has 1 rings (SSSR count). The van der Waals surface area contributed by atoms with Gasteiger partial charge in [-0.1, -0.05) is 0 Å². The maximum Gasteiger partial charge on any atom is 0.326 e. The normalized spacial score (nSPS) is 12.1. The number of carbonyl (C=O) groups excluding carboxylic acids is 2. The van der Waals surface area contributed by atoms with Gasteiger partial charge in [-0.15, -0.1) is 0 Å². The summed E-state index contributed by atoms with van der Waals surface area (Å²) in [4.78, 5) is 33.6. The SMILES string of the molecule is COC(=O)CCC(NC(=O)/C=C/c1ccc(Br)o1)C(=O)O. The van der Waals surface area contributed by atoms with E-state index in [4.69, 9.17) is 9.52 Å². The zero-order valence-electron chi connectivity index (χ0n) is 11.2. The van der Waals surface area contributed by atoms with Crippen LogP contribution in [0.2, 0.25) is 0 Å². The lowest BCUT2D eigenvalue weighted by Crippen LogP contribution is -2.40. The van der Waals surface area contributed by atoms with Crippen LogP contribution in [0.25, 0.3) is 6.08 Å². The van der Waals surface area contributed by atoms with Crippen molar-refractivity contribution in [2.75, 3.05) is 7.11 Å². The van der Waals surface area contributed by atoms with E-state index in [0.717, 1.165) is 6.08 Å². The molecular formula is C13H14BrNO6. The predicted octanol–water partition coefficient (Wildman–Crippen LogP) is 1.58. The van der Waals surface area contributed by atoms with Gasteiger partial charge < -0.3 is 19.6 Å². The van der Waals surface area contributed by atoms with Crippen molar-refractivity contribution in [2.24, 2.45) is 0 Å². The third kappa shape index (κ3) is 6.26. The Balaban J connectivity index is 2.54. The molecule has 0 radical (unpaired) electrons. The first-order chi connectivity index (χ1) is 9.92. The number of furan rings is 1. The number of methoxy groups -OCH3 is 1. The summed E-state index contributed by atoms with van der Waals surface area (Å²) in [5, 5.41) is 11.3. The molecule has 21 heavy (non-hydrogen) atoms. The van der Waals surface area contributed by atoms with Gasteiger partial charge in [-0.05, 0) is 40.6 Å². The van der Waals surface area contributed by atoms with Crippen LogP contribution in [0.15, 0.2) is 27.3 Å². The third-order valence-corrected chi connectivity index (χ3v) is 2.90. The summed E-state index contributed by atoms with van der Waals surface area (Å²) in [6.07, 6.45) is 2.41. The predicted molar refractivity (Wildman–Crippen MR) is 76.3 cm³/mol. The van der Waals surface area contributed by atoms with E-state index in [1.807, 2.05) is 0 Å². The first kappa shape index (κ1) is 17.0. The minimum absolute atomic E-state index is 0.0477. The Kier molecular flexibility index (Phi) is 6.67. The van der Waals surface area contributed by atoms with Crippen LogP contribution in [-0.4, -0.2) is 36.1 Å². The molecular weight excluding hydrogens is 346 g/mol. The Bertz CT molecular complexity index is 551. The van der Waals surface area contributed by atoms with Crippen molar-refractivity contribution >= 4 is 39.9 Å². The lowest BCUT2D eigenvalue weighted by molar-refractivity contribution is -0.143. The van der Waals surface area contributed by atoms with Crippen LogP contribution in [0.3, 0.4) is 0 Å². The Morgan fingerprint density at radius 1 is 1.48 bits per heavy atom. The summed E-state index contributed by atoms with van der Waals surface area (Å²) >= 11 is 3.12. The molecule has 1 aromatic rings. The molecule has 0 spiro atoms. The fourth-order valence-electron chi connectivity index (χ4n) is 1.42. The maximum atomic E-state index is 11.6. The third-order valence-electron chi connectivity index (χ3n) is 2.47. The lowest BCUT2D eigenvalue weighted by Gasteiger charge is -2.12. The summed E-state index contributed by atoms with van der Waals surface area (Å²) in [6, 6.07) is 2.14. The van der Waals surface area contributed by atoms with E-state index in [1.54, 1.807) is 12.1 Å². The molecule has 0 aliphatic heterocycles. The van der Waals surface area contributed by atoms with Gasteiger partial charge in [0.15, 0.2) is 4.67 Å². The van der Waals surface area contributed by atoms with Crippen molar-refractivity contribution in [3.63, 3.8) is 0 Å². The van der Waals surface area contributed by atoms with E-state index in [9.17, 15) is 14.4 Å². The van der Waals surface area contributed by atoms with Crippen molar-refractivity contribution in [1.29, 1.82) is 0 Å². The number of halogens is 1. The number of amides is 1. The van der Waals surface area contributed by atoms with Crippen molar-refractivity contribution in [2.45, 2.75) is 18.9 Å². The summed E-state index contributed by atoms with van der Waals surface area (Å²) in [5.74, 6) is -1.91. The van der Waals surface area contributed by atoms with Gasteiger partial charge in [-0.3, -0.25) is 9.59 Å².